The van der Waals surface area contributed by atoms with Gasteiger partial charge in [-0.1, -0.05) is 18.2 Å². The molecule has 0 atom stereocenters. The van der Waals surface area contributed by atoms with Gasteiger partial charge in [0.1, 0.15) is 5.82 Å². The smallest absolute Gasteiger partial charge is 0.309 e. The summed E-state index contributed by atoms with van der Waals surface area (Å²) in [4.78, 5) is 15.6. The number of rotatable bonds is 4. The van der Waals surface area contributed by atoms with Crippen LogP contribution in [0.1, 0.15) is 5.69 Å². The molecule has 0 fully saturated rings. The Kier molecular flexibility index (Phi) is 3.82. The lowest BCUT2D eigenvalue weighted by atomic mass is 10.1. The zero-order chi connectivity index (χ0) is 17.4. The van der Waals surface area contributed by atoms with Gasteiger partial charge >= 0.3 is 5.97 Å². The summed E-state index contributed by atoms with van der Waals surface area (Å²) in [6, 6.07) is 13.6. The number of benzene rings is 2. The lowest BCUT2D eigenvalue weighted by molar-refractivity contribution is -0.136. The lowest BCUT2D eigenvalue weighted by Crippen LogP contribution is -2.01. The normalized spacial score (nSPS) is 11.1. The predicted octanol–water partition coefficient (Wildman–Crippen LogP) is 4.99. The SMILES string of the molecule is O=C(O)Cc1nc(-c2ccc(F)cc2)oc1-c1csc2ccccc12. The monoisotopic (exact) mass is 353 g/mol. The fraction of sp³-hybridized carbons (Fsp3) is 0.0526. The molecule has 0 spiro atoms. The van der Waals surface area contributed by atoms with E-state index in [2.05, 4.69) is 4.98 Å². The van der Waals surface area contributed by atoms with Gasteiger partial charge in [0, 0.05) is 26.6 Å². The summed E-state index contributed by atoms with van der Waals surface area (Å²) in [5.74, 6) is -0.620. The summed E-state index contributed by atoms with van der Waals surface area (Å²) in [6.07, 6.45) is -0.246. The van der Waals surface area contributed by atoms with Crippen molar-refractivity contribution in [2.45, 2.75) is 6.42 Å². The Morgan fingerprint density at radius 2 is 1.92 bits per heavy atom. The number of fused-ring (bicyclic) bond motifs is 1. The quantitative estimate of drug-likeness (QED) is 0.561. The molecule has 0 aliphatic carbocycles. The Hall–Kier alpha value is -2.99. The topological polar surface area (TPSA) is 63.3 Å². The second kappa shape index (κ2) is 6.14. The van der Waals surface area contributed by atoms with Crippen molar-refractivity contribution in [3.63, 3.8) is 0 Å². The molecule has 2 aromatic carbocycles. The highest BCUT2D eigenvalue weighted by Crippen LogP contribution is 2.38. The first-order valence-electron chi connectivity index (χ1n) is 7.56. The fourth-order valence-corrected chi connectivity index (χ4v) is 3.64. The molecule has 4 rings (SSSR count). The van der Waals surface area contributed by atoms with Gasteiger partial charge in [-0.3, -0.25) is 4.79 Å². The Bertz CT molecular complexity index is 1070. The van der Waals surface area contributed by atoms with E-state index in [0.717, 1.165) is 15.6 Å². The molecule has 0 bridgehead atoms. The van der Waals surface area contributed by atoms with E-state index in [-0.39, 0.29) is 18.1 Å². The van der Waals surface area contributed by atoms with E-state index in [1.165, 1.54) is 12.1 Å². The van der Waals surface area contributed by atoms with Crippen molar-refractivity contribution in [2.75, 3.05) is 0 Å². The highest BCUT2D eigenvalue weighted by molar-refractivity contribution is 7.17. The van der Waals surface area contributed by atoms with Crippen molar-refractivity contribution >= 4 is 27.4 Å². The lowest BCUT2D eigenvalue weighted by Gasteiger charge is -1.98. The van der Waals surface area contributed by atoms with E-state index in [1.807, 2.05) is 29.6 Å². The van der Waals surface area contributed by atoms with E-state index in [0.29, 0.717) is 17.0 Å². The van der Waals surface area contributed by atoms with Crippen LogP contribution in [0, 0.1) is 5.82 Å². The molecule has 2 heterocycles. The van der Waals surface area contributed by atoms with Gasteiger partial charge < -0.3 is 9.52 Å². The molecule has 0 radical (unpaired) electrons. The number of oxazole rings is 1. The van der Waals surface area contributed by atoms with Crippen LogP contribution in [0.5, 0.6) is 0 Å². The van der Waals surface area contributed by atoms with Gasteiger partial charge in [0.15, 0.2) is 5.76 Å². The van der Waals surface area contributed by atoms with Gasteiger partial charge in [0.2, 0.25) is 5.89 Å². The van der Waals surface area contributed by atoms with E-state index in [1.54, 1.807) is 23.5 Å². The highest BCUT2D eigenvalue weighted by atomic mass is 32.1. The number of aliphatic carboxylic acids is 1. The van der Waals surface area contributed by atoms with Crippen LogP contribution in [-0.4, -0.2) is 16.1 Å². The van der Waals surface area contributed by atoms with Crippen LogP contribution >= 0.6 is 11.3 Å². The number of hydrogen-bond donors (Lipinski definition) is 1. The largest absolute Gasteiger partial charge is 0.481 e. The molecular formula is C19H12FNO3S. The summed E-state index contributed by atoms with van der Waals surface area (Å²) in [7, 11) is 0. The van der Waals surface area contributed by atoms with E-state index in [9.17, 15) is 14.3 Å². The zero-order valence-electron chi connectivity index (χ0n) is 12.9. The molecule has 2 aromatic heterocycles. The van der Waals surface area contributed by atoms with Crippen molar-refractivity contribution in [3.8, 4) is 22.8 Å². The molecule has 0 aliphatic heterocycles. The van der Waals surface area contributed by atoms with Crippen LogP contribution in [0.4, 0.5) is 4.39 Å². The van der Waals surface area contributed by atoms with Gasteiger partial charge in [-0.05, 0) is 30.3 Å². The average Bonchev–Trinajstić information content (AvgIpc) is 3.19. The van der Waals surface area contributed by atoms with Crippen molar-refractivity contribution in [1.29, 1.82) is 0 Å². The maximum atomic E-state index is 13.1. The molecule has 0 amide bonds. The molecule has 0 aliphatic rings. The molecule has 124 valence electrons. The number of hydrogen-bond acceptors (Lipinski definition) is 4. The summed E-state index contributed by atoms with van der Waals surface area (Å²) in [6.45, 7) is 0. The van der Waals surface area contributed by atoms with Gasteiger partial charge in [0.05, 0.1) is 12.1 Å². The Labute approximate surface area is 146 Å². The Morgan fingerprint density at radius 1 is 1.16 bits per heavy atom. The summed E-state index contributed by atoms with van der Waals surface area (Å²) in [5.41, 5.74) is 1.77. The number of aromatic nitrogens is 1. The van der Waals surface area contributed by atoms with Crippen LogP contribution in [-0.2, 0) is 11.2 Å². The Balaban J connectivity index is 1.88. The van der Waals surface area contributed by atoms with Gasteiger partial charge in [-0.2, -0.15) is 0 Å². The molecule has 0 unspecified atom stereocenters. The molecule has 6 heteroatoms. The predicted molar refractivity (Wildman–Crippen MR) is 94.1 cm³/mol. The first kappa shape index (κ1) is 15.5. The maximum Gasteiger partial charge on any atom is 0.309 e. The molecular weight excluding hydrogens is 341 g/mol. The molecule has 0 saturated heterocycles. The number of carboxylic acid groups (broad SMARTS) is 1. The second-order valence-electron chi connectivity index (χ2n) is 5.52. The van der Waals surface area contributed by atoms with Crippen LogP contribution in [0.3, 0.4) is 0 Å². The number of carbonyl (C=O) groups is 1. The van der Waals surface area contributed by atoms with Gasteiger partial charge in [-0.15, -0.1) is 11.3 Å². The first-order chi connectivity index (χ1) is 12.1. The van der Waals surface area contributed by atoms with E-state index < -0.39 is 5.97 Å². The molecule has 25 heavy (non-hydrogen) atoms. The molecule has 4 nitrogen and oxygen atoms in total. The third-order valence-electron chi connectivity index (χ3n) is 3.83. The minimum atomic E-state index is -0.986. The first-order valence-corrected chi connectivity index (χ1v) is 8.44. The second-order valence-corrected chi connectivity index (χ2v) is 6.43. The standard InChI is InChI=1S/C19H12FNO3S/c20-12-7-5-11(6-8-12)19-21-15(9-17(22)23)18(24-19)14-10-25-16-4-2-1-3-13(14)16/h1-8,10H,9H2,(H,22,23). The number of nitrogens with zero attached hydrogens (tertiary/aromatic N) is 1. The van der Waals surface area contributed by atoms with Crippen LogP contribution in [0.2, 0.25) is 0 Å². The summed E-state index contributed by atoms with van der Waals surface area (Å²) in [5, 5.41) is 12.1. The van der Waals surface area contributed by atoms with Crippen LogP contribution < -0.4 is 0 Å². The summed E-state index contributed by atoms with van der Waals surface area (Å²) >= 11 is 1.56. The average molecular weight is 353 g/mol. The third kappa shape index (κ3) is 2.92. The minimum Gasteiger partial charge on any atom is -0.481 e. The maximum absolute atomic E-state index is 13.1. The Morgan fingerprint density at radius 3 is 2.68 bits per heavy atom. The molecule has 1 N–H and O–H groups in total. The van der Waals surface area contributed by atoms with Crippen molar-refractivity contribution in [3.05, 3.63) is 65.4 Å². The number of thiophene rings is 1. The van der Waals surface area contributed by atoms with E-state index in [4.69, 9.17) is 4.42 Å². The fourth-order valence-electron chi connectivity index (χ4n) is 2.69. The number of halogens is 1. The van der Waals surface area contributed by atoms with Gasteiger partial charge in [0.25, 0.3) is 0 Å². The van der Waals surface area contributed by atoms with Crippen molar-refractivity contribution in [1.82, 2.24) is 4.98 Å². The van der Waals surface area contributed by atoms with Crippen LogP contribution in [0.15, 0.2) is 58.3 Å². The number of carboxylic acids is 1. The van der Waals surface area contributed by atoms with Gasteiger partial charge in [-0.25, -0.2) is 9.37 Å². The molecule has 4 aromatic rings. The third-order valence-corrected chi connectivity index (χ3v) is 4.80. The van der Waals surface area contributed by atoms with Crippen molar-refractivity contribution in [2.24, 2.45) is 0 Å². The van der Waals surface area contributed by atoms with E-state index >= 15 is 0 Å². The summed E-state index contributed by atoms with van der Waals surface area (Å²) < 4.78 is 20.1. The highest BCUT2D eigenvalue weighted by Gasteiger charge is 2.21. The minimum absolute atomic E-state index is 0.246. The van der Waals surface area contributed by atoms with Crippen LogP contribution in [0.25, 0.3) is 32.9 Å². The zero-order valence-corrected chi connectivity index (χ0v) is 13.7. The van der Waals surface area contributed by atoms with Crippen molar-refractivity contribution < 1.29 is 18.7 Å². The molecule has 0 saturated carbocycles.